The van der Waals surface area contributed by atoms with Gasteiger partial charge in [-0.15, -0.1) is 0 Å². The van der Waals surface area contributed by atoms with Gasteiger partial charge in [0.25, 0.3) is 5.34 Å². The van der Waals surface area contributed by atoms with Crippen molar-refractivity contribution in [3.8, 4) is 0 Å². The van der Waals surface area contributed by atoms with Crippen LogP contribution in [0.5, 0.6) is 0 Å². The van der Waals surface area contributed by atoms with Gasteiger partial charge < -0.3 is 19.7 Å². The zero-order chi connectivity index (χ0) is 27.8. The molecule has 4 unspecified atom stereocenters. The summed E-state index contributed by atoms with van der Waals surface area (Å²) < 4.78 is 35.2. The molecule has 0 aromatic rings. The standard InChI is InChI=1S/C28H55O7PS/c1-4-6-8-10-11-12-13-14-16-18-23-37(33)26(20-17-15-9-7-5-2)25(3)35-22-19-21-34-24-28(31,36-32)27(29)30/h25-26,31H,4-24H2,1-3H3,(H,29,30). The Morgan fingerprint density at radius 2 is 1.35 bits per heavy atom. The number of unbranched alkanes of at least 4 members (excludes halogenated alkanes) is 13. The van der Waals surface area contributed by atoms with E-state index in [0.29, 0.717) is 13.0 Å². The highest BCUT2D eigenvalue weighted by atomic mass is 32.2. The average Bonchev–Trinajstić information content (AvgIpc) is 2.88. The third kappa shape index (κ3) is 19.3. The van der Waals surface area contributed by atoms with Gasteiger partial charge >= 0.3 is 5.97 Å². The Hall–Kier alpha value is -0.400. The highest BCUT2D eigenvalue weighted by Gasteiger charge is 2.37. The van der Waals surface area contributed by atoms with Gasteiger partial charge in [0.15, 0.2) is 0 Å². The molecule has 0 aromatic heterocycles. The molecule has 9 heteroatoms. The highest BCUT2D eigenvalue weighted by Crippen LogP contribution is 2.21. The fourth-order valence-corrected chi connectivity index (χ4v) is 6.24. The molecule has 0 aromatic carbocycles. The van der Waals surface area contributed by atoms with Crippen molar-refractivity contribution < 1.29 is 33.3 Å². The lowest BCUT2D eigenvalue weighted by molar-refractivity contribution is -0.154. The summed E-state index contributed by atoms with van der Waals surface area (Å²) in [5.74, 6) is -0.851. The molecule has 0 saturated carbocycles. The number of aliphatic carboxylic acids is 1. The van der Waals surface area contributed by atoms with E-state index in [0.717, 1.165) is 37.9 Å². The molecule has 0 aliphatic heterocycles. The summed E-state index contributed by atoms with van der Waals surface area (Å²) in [4.78, 5) is 10.9. The van der Waals surface area contributed by atoms with E-state index in [1.807, 2.05) is 6.92 Å². The minimum absolute atomic E-state index is 0.0116. The number of carbonyl (C=O) groups is 1. The van der Waals surface area contributed by atoms with Crippen molar-refractivity contribution in [3.05, 3.63) is 0 Å². The van der Waals surface area contributed by atoms with Gasteiger partial charge in [0.05, 0.1) is 18.0 Å². The molecular formula is C28H55O7PS. The van der Waals surface area contributed by atoms with Crippen LogP contribution >= 0.6 is 8.46 Å². The Kier molecular flexibility index (Phi) is 24.4. The van der Waals surface area contributed by atoms with Crippen molar-refractivity contribution in [1.82, 2.24) is 0 Å². The normalized spacial score (nSPS) is 15.9. The molecule has 0 aliphatic rings. The van der Waals surface area contributed by atoms with E-state index in [1.54, 1.807) is 0 Å². The summed E-state index contributed by atoms with van der Waals surface area (Å²) in [6, 6.07) is 0. The Balaban J connectivity index is 4.34. The van der Waals surface area contributed by atoms with Crippen molar-refractivity contribution in [2.75, 3.05) is 25.6 Å². The molecule has 7 nitrogen and oxygen atoms in total. The third-order valence-electron chi connectivity index (χ3n) is 6.76. The average molecular weight is 567 g/mol. The van der Waals surface area contributed by atoms with Crippen LogP contribution in [0.4, 0.5) is 0 Å². The molecule has 0 amide bonds. The summed E-state index contributed by atoms with van der Waals surface area (Å²) >= 11 is 0. The second-order valence-corrected chi connectivity index (χ2v) is 12.9. The smallest absolute Gasteiger partial charge is 0.350 e. The Bertz CT molecular complexity index is 593. The Morgan fingerprint density at radius 1 is 0.838 bits per heavy atom. The first-order chi connectivity index (χ1) is 17.8. The summed E-state index contributed by atoms with van der Waals surface area (Å²) in [7, 11) is -1.83. The molecule has 0 bridgehead atoms. The van der Waals surface area contributed by atoms with E-state index < -0.39 is 37.2 Å². The Morgan fingerprint density at radius 3 is 1.86 bits per heavy atom. The SMILES string of the molecule is CCCCCCCCCCCCS(=O)C(CCCCCCC)C(C)OCCCOCC(O)(P=O)C(=O)O. The lowest BCUT2D eigenvalue weighted by atomic mass is 10.1. The van der Waals surface area contributed by atoms with E-state index in [-0.39, 0.29) is 18.0 Å². The van der Waals surface area contributed by atoms with Gasteiger partial charge in [-0.05, 0) is 26.2 Å². The largest absolute Gasteiger partial charge is 0.478 e. The van der Waals surface area contributed by atoms with Crippen molar-refractivity contribution in [2.24, 2.45) is 0 Å². The second-order valence-electron chi connectivity index (χ2n) is 10.2. The number of hydrogen-bond donors (Lipinski definition) is 2. The predicted octanol–water partition coefficient (Wildman–Crippen LogP) is 7.26. The maximum Gasteiger partial charge on any atom is 0.350 e. The number of aliphatic hydroxyl groups is 1. The second kappa shape index (κ2) is 24.6. The van der Waals surface area contributed by atoms with E-state index in [1.165, 1.54) is 70.6 Å². The number of carboxylic acid groups (broad SMARTS) is 1. The summed E-state index contributed by atoms with van der Waals surface area (Å²) in [6.07, 6.45) is 19.8. The predicted molar refractivity (Wildman–Crippen MR) is 153 cm³/mol. The molecule has 0 radical (unpaired) electrons. The topological polar surface area (TPSA) is 110 Å². The first kappa shape index (κ1) is 36.6. The maximum absolute atomic E-state index is 13.2. The third-order valence-corrected chi connectivity index (χ3v) is 9.37. The van der Waals surface area contributed by atoms with Crippen LogP contribution < -0.4 is 0 Å². The molecule has 0 saturated heterocycles. The lowest BCUT2D eigenvalue weighted by Crippen LogP contribution is -2.37. The lowest BCUT2D eigenvalue weighted by Gasteiger charge is -2.24. The Labute approximate surface area is 230 Å². The van der Waals surface area contributed by atoms with Gasteiger partial charge in [-0.1, -0.05) is 104 Å². The van der Waals surface area contributed by atoms with Crippen LogP contribution in [0.15, 0.2) is 0 Å². The molecule has 4 atom stereocenters. The first-order valence-corrected chi connectivity index (χ1v) is 16.9. The van der Waals surface area contributed by atoms with Gasteiger partial charge in [0.1, 0.15) is 0 Å². The number of ether oxygens (including phenoxy) is 2. The molecule has 0 fully saturated rings. The molecular weight excluding hydrogens is 511 g/mol. The molecule has 0 rings (SSSR count). The van der Waals surface area contributed by atoms with E-state index in [2.05, 4.69) is 13.8 Å². The van der Waals surface area contributed by atoms with Crippen LogP contribution in [0.1, 0.15) is 130 Å². The summed E-state index contributed by atoms with van der Waals surface area (Å²) in [5.41, 5.74) is 0. The van der Waals surface area contributed by atoms with Gasteiger partial charge in [0.2, 0.25) is 8.46 Å². The van der Waals surface area contributed by atoms with E-state index >= 15 is 0 Å². The fourth-order valence-electron chi connectivity index (χ4n) is 4.29. The minimum atomic E-state index is -2.41. The number of rotatable bonds is 28. The molecule has 220 valence electrons. The highest BCUT2D eigenvalue weighted by molar-refractivity contribution is 7.85. The van der Waals surface area contributed by atoms with Crippen LogP contribution in [0.25, 0.3) is 0 Å². The zero-order valence-electron chi connectivity index (χ0n) is 23.8. The monoisotopic (exact) mass is 566 g/mol. The minimum Gasteiger partial charge on any atom is -0.478 e. The van der Waals surface area contributed by atoms with Gasteiger partial charge in [0, 0.05) is 29.8 Å². The number of carboxylic acids is 1. The first-order valence-electron chi connectivity index (χ1n) is 14.7. The van der Waals surface area contributed by atoms with Crippen LogP contribution in [0, 0.1) is 0 Å². The van der Waals surface area contributed by atoms with Crippen LogP contribution in [0.3, 0.4) is 0 Å². The van der Waals surface area contributed by atoms with Crippen LogP contribution in [-0.2, 0) is 29.6 Å². The van der Waals surface area contributed by atoms with Crippen molar-refractivity contribution in [3.63, 3.8) is 0 Å². The van der Waals surface area contributed by atoms with E-state index in [4.69, 9.17) is 14.6 Å². The molecule has 0 heterocycles. The molecule has 37 heavy (non-hydrogen) atoms. The molecule has 2 N–H and O–H groups in total. The zero-order valence-corrected chi connectivity index (χ0v) is 25.5. The fraction of sp³-hybridized carbons (Fsp3) is 0.964. The van der Waals surface area contributed by atoms with Crippen molar-refractivity contribution in [1.29, 1.82) is 0 Å². The van der Waals surface area contributed by atoms with Crippen molar-refractivity contribution in [2.45, 2.75) is 147 Å². The summed E-state index contributed by atoms with van der Waals surface area (Å²) in [6.45, 7) is 6.46. The van der Waals surface area contributed by atoms with Crippen molar-refractivity contribution >= 4 is 25.2 Å². The molecule has 0 spiro atoms. The van der Waals surface area contributed by atoms with Crippen LogP contribution in [-0.4, -0.2) is 62.7 Å². The summed E-state index contributed by atoms with van der Waals surface area (Å²) in [5, 5.41) is 16.2. The van der Waals surface area contributed by atoms with Gasteiger partial charge in [-0.2, -0.15) is 0 Å². The quantitative estimate of drug-likeness (QED) is 0.0757. The molecule has 0 aliphatic carbocycles. The number of hydrogen-bond acceptors (Lipinski definition) is 6. The van der Waals surface area contributed by atoms with Crippen LogP contribution in [0.2, 0.25) is 0 Å². The van der Waals surface area contributed by atoms with Gasteiger partial charge in [-0.3, -0.25) is 8.77 Å². The van der Waals surface area contributed by atoms with Gasteiger partial charge in [-0.25, -0.2) is 4.79 Å². The van der Waals surface area contributed by atoms with E-state index in [9.17, 15) is 18.7 Å². The maximum atomic E-state index is 13.2.